The zero-order valence-corrected chi connectivity index (χ0v) is 10.8. The SMILES string of the molecule is O=C(CCCNCC1CCCCC1)NC1CC1. The lowest BCUT2D eigenvalue weighted by Crippen LogP contribution is -2.28. The second-order valence-corrected chi connectivity index (χ2v) is 5.65. The fourth-order valence-electron chi connectivity index (χ4n) is 2.60. The summed E-state index contributed by atoms with van der Waals surface area (Å²) in [5.74, 6) is 1.14. The molecule has 0 saturated heterocycles. The summed E-state index contributed by atoms with van der Waals surface area (Å²) in [6.45, 7) is 2.15. The van der Waals surface area contributed by atoms with Crippen molar-refractivity contribution in [3.05, 3.63) is 0 Å². The lowest BCUT2D eigenvalue weighted by Gasteiger charge is -2.21. The standard InChI is InChI=1S/C14H26N2O/c17-14(16-13-8-9-13)7-4-10-15-11-12-5-2-1-3-6-12/h12-13,15H,1-11H2,(H,16,17). The molecule has 0 atom stereocenters. The van der Waals surface area contributed by atoms with E-state index in [1.54, 1.807) is 0 Å². The van der Waals surface area contributed by atoms with Crippen LogP contribution in [0, 0.1) is 5.92 Å². The van der Waals surface area contributed by atoms with Gasteiger partial charge >= 0.3 is 0 Å². The Hall–Kier alpha value is -0.570. The van der Waals surface area contributed by atoms with E-state index >= 15 is 0 Å². The Morgan fingerprint density at radius 1 is 1.06 bits per heavy atom. The fourth-order valence-corrected chi connectivity index (χ4v) is 2.60. The van der Waals surface area contributed by atoms with Crippen molar-refractivity contribution in [2.24, 2.45) is 5.92 Å². The van der Waals surface area contributed by atoms with Gasteiger partial charge in [-0.1, -0.05) is 19.3 Å². The van der Waals surface area contributed by atoms with Gasteiger partial charge in [0.05, 0.1) is 0 Å². The number of amides is 1. The number of rotatable bonds is 7. The van der Waals surface area contributed by atoms with Crippen LogP contribution in [0.25, 0.3) is 0 Å². The molecular formula is C14H26N2O. The molecule has 2 saturated carbocycles. The Morgan fingerprint density at radius 3 is 2.53 bits per heavy atom. The minimum absolute atomic E-state index is 0.243. The highest BCUT2D eigenvalue weighted by Gasteiger charge is 2.22. The summed E-state index contributed by atoms with van der Waals surface area (Å²) in [4.78, 5) is 11.4. The van der Waals surface area contributed by atoms with E-state index in [1.807, 2.05) is 0 Å². The van der Waals surface area contributed by atoms with E-state index in [1.165, 1.54) is 44.9 Å². The van der Waals surface area contributed by atoms with Crippen LogP contribution in [0.5, 0.6) is 0 Å². The van der Waals surface area contributed by atoms with Gasteiger partial charge in [0.2, 0.25) is 5.91 Å². The number of hydrogen-bond acceptors (Lipinski definition) is 2. The van der Waals surface area contributed by atoms with Crippen molar-refractivity contribution in [1.29, 1.82) is 0 Å². The molecule has 0 radical (unpaired) electrons. The third-order valence-electron chi connectivity index (χ3n) is 3.86. The molecule has 17 heavy (non-hydrogen) atoms. The average molecular weight is 238 g/mol. The largest absolute Gasteiger partial charge is 0.353 e. The summed E-state index contributed by atoms with van der Waals surface area (Å²) in [5.41, 5.74) is 0. The van der Waals surface area contributed by atoms with Gasteiger partial charge in [0.1, 0.15) is 0 Å². The molecule has 2 fully saturated rings. The Labute approximate surface area is 105 Å². The summed E-state index contributed by atoms with van der Waals surface area (Å²) in [6.07, 6.45) is 11.1. The summed E-state index contributed by atoms with van der Waals surface area (Å²) >= 11 is 0. The fraction of sp³-hybridized carbons (Fsp3) is 0.929. The topological polar surface area (TPSA) is 41.1 Å². The molecule has 2 aliphatic carbocycles. The van der Waals surface area contributed by atoms with E-state index in [0.717, 1.165) is 25.4 Å². The quantitative estimate of drug-likeness (QED) is 0.668. The van der Waals surface area contributed by atoms with E-state index in [0.29, 0.717) is 12.5 Å². The van der Waals surface area contributed by atoms with Crippen LogP contribution in [0.4, 0.5) is 0 Å². The zero-order chi connectivity index (χ0) is 11.9. The van der Waals surface area contributed by atoms with E-state index in [9.17, 15) is 4.79 Å². The summed E-state index contributed by atoms with van der Waals surface area (Å²) in [7, 11) is 0. The van der Waals surface area contributed by atoms with Gasteiger partial charge in [-0.05, 0) is 51.1 Å². The lowest BCUT2D eigenvalue weighted by molar-refractivity contribution is -0.121. The zero-order valence-electron chi connectivity index (χ0n) is 10.8. The molecule has 0 aromatic rings. The van der Waals surface area contributed by atoms with Gasteiger partial charge in [0.25, 0.3) is 0 Å². The van der Waals surface area contributed by atoms with Gasteiger partial charge in [0, 0.05) is 12.5 Å². The molecule has 3 nitrogen and oxygen atoms in total. The van der Waals surface area contributed by atoms with E-state index in [4.69, 9.17) is 0 Å². The summed E-state index contributed by atoms with van der Waals surface area (Å²) in [5, 5.41) is 6.53. The van der Waals surface area contributed by atoms with Gasteiger partial charge < -0.3 is 10.6 Å². The van der Waals surface area contributed by atoms with Crippen LogP contribution >= 0.6 is 0 Å². The average Bonchev–Trinajstić information content (AvgIpc) is 3.14. The van der Waals surface area contributed by atoms with Crippen LogP contribution in [0.1, 0.15) is 57.8 Å². The highest BCUT2D eigenvalue weighted by atomic mass is 16.1. The molecular weight excluding hydrogens is 212 g/mol. The maximum Gasteiger partial charge on any atom is 0.220 e. The molecule has 98 valence electrons. The van der Waals surface area contributed by atoms with Crippen LogP contribution in [-0.4, -0.2) is 25.0 Å². The van der Waals surface area contributed by atoms with Gasteiger partial charge in [-0.15, -0.1) is 0 Å². The summed E-state index contributed by atoms with van der Waals surface area (Å²) in [6, 6.07) is 0.512. The number of nitrogens with one attached hydrogen (secondary N) is 2. The maximum absolute atomic E-state index is 11.4. The smallest absolute Gasteiger partial charge is 0.220 e. The minimum Gasteiger partial charge on any atom is -0.353 e. The number of hydrogen-bond donors (Lipinski definition) is 2. The van der Waals surface area contributed by atoms with Crippen LogP contribution < -0.4 is 10.6 Å². The number of carbonyl (C=O) groups is 1. The molecule has 0 aromatic carbocycles. The second kappa shape index (κ2) is 7.00. The molecule has 0 heterocycles. The van der Waals surface area contributed by atoms with Crippen LogP contribution in [0.3, 0.4) is 0 Å². The van der Waals surface area contributed by atoms with Crippen molar-refractivity contribution in [2.75, 3.05) is 13.1 Å². The van der Waals surface area contributed by atoms with Gasteiger partial charge in [-0.25, -0.2) is 0 Å². The summed E-state index contributed by atoms with van der Waals surface area (Å²) < 4.78 is 0. The predicted molar refractivity (Wildman–Crippen MR) is 69.8 cm³/mol. The molecule has 0 spiro atoms. The Kier molecular flexibility index (Phi) is 5.30. The Morgan fingerprint density at radius 2 is 1.82 bits per heavy atom. The minimum atomic E-state index is 0.243. The highest BCUT2D eigenvalue weighted by Crippen LogP contribution is 2.22. The van der Waals surface area contributed by atoms with Crippen LogP contribution in [0.15, 0.2) is 0 Å². The third-order valence-corrected chi connectivity index (χ3v) is 3.86. The molecule has 2 rings (SSSR count). The predicted octanol–water partition coefficient (Wildman–Crippen LogP) is 2.22. The lowest BCUT2D eigenvalue weighted by atomic mass is 9.89. The van der Waals surface area contributed by atoms with Crippen LogP contribution in [0.2, 0.25) is 0 Å². The third kappa shape index (κ3) is 5.53. The first kappa shape index (κ1) is 12.9. The van der Waals surface area contributed by atoms with Crippen molar-refractivity contribution in [1.82, 2.24) is 10.6 Å². The van der Waals surface area contributed by atoms with Crippen molar-refractivity contribution >= 4 is 5.91 Å². The molecule has 2 aliphatic rings. The van der Waals surface area contributed by atoms with E-state index in [-0.39, 0.29) is 5.91 Å². The Balaban J connectivity index is 1.41. The molecule has 0 aliphatic heterocycles. The number of carbonyl (C=O) groups excluding carboxylic acids is 1. The first-order valence-corrected chi connectivity index (χ1v) is 7.34. The van der Waals surface area contributed by atoms with E-state index in [2.05, 4.69) is 10.6 Å². The second-order valence-electron chi connectivity index (χ2n) is 5.65. The first-order valence-electron chi connectivity index (χ1n) is 7.34. The highest BCUT2D eigenvalue weighted by molar-refractivity contribution is 5.76. The van der Waals surface area contributed by atoms with Crippen LogP contribution in [-0.2, 0) is 4.79 Å². The van der Waals surface area contributed by atoms with Crippen molar-refractivity contribution in [3.8, 4) is 0 Å². The monoisotopic (exact) mass is 238 g/mol. The molecule has 3 heteroatoms. The van der Waals surface area contributed by atoms with E-state index < -0.39 is 0 Å². The van der Waals surface area contributed by atoms with Crippen molar-refractivity contribution in [2.45, 2.75) is 63.8 Å². The molecule has 0 aromatic heterocycles. The van der Waals surface area contributed by atoms with Crippen molar-refractivity contribution < 1.29 is 4.79 Å². The van der Waals surface area contributed by atoms with Gasteiger partial charge in [0.15, 0.2) is 0 Å². The molecule has 0 bridgehead atoms. The molecule has 2 N–H and O–H groups in total. The normalized spacial score (nSPS) is 21.4. The van der Waals surface area contributed by atoms with Gasteiger partial charge in [-0.2, -0.15) is 0 Å². The maximum atomic E-state index is 11.4. The van der Waals surface area contributed by atoms with Gasteiger partial charge in [-0.3, -0.25) is 4.79 Å². The Bertz CT molecular complexity index is 232. The van der Waals surface area contributed by atoms with Crippen molar-refractivity contribution in [3.63, 3.8) is 0 Å². The molecule has 1 amide bonds. The molecule has 0 unspecified atom stereocenters. The first-order chi connectivity index (χ1) is 8.34.